The number of methoxy groups -OCH3 is 1. The van der Waals surface area contributed by atoms with Crippen molar-refractivity contribution in [2.24, 2.45) is 5.92 Å². The van der Waals surface area contributed by atoms with Gasteiger partial charge in [-0.1, -0.05) is 26.0 Å². The van der Waals surface area contributed by atoms with E-state index < -0.39 is 11.8 Å². The van der Waals surface area contributed by atoms with Crippen molar-refractivity contribution in [1.29, 1.82) is 0 Å². The Bertz CT molecular complexity index is 786. The van der Waals surface area contributed by atoms with Crippen molar-refractivity contribution >= 4 is 35.2 Å². The maximum Gasteiger partial charge on any atom is 0.265 e. The summed E-state index contributed by atoms with van der Waals surface area (Å²) in [6.45, 7) is 8.67. The quantitative estimate of drug-likeness (QED) is 0.321. The highest BCUT2D eigenvalue weighted by atomic mass is 32.1. The van der Waals surface area contributed by atoms with Crippen molar-refractivity contribution in [2.75, 3.05) is 20.3 Å². The fraction of sp³-hybridized carbons (Fsp3) is 0.350. The molecule has 1 aromatic rings. The zero-order valence-electron chi connectivity index (χ0n) is 15.8. The summed E-state index contributed by atoms with van der Waals surface area (Å²) in [5.41, 5.74) is 0.647. The van der Waals surface area contributed by atoms with Gasteiger partial charge in [0, 0.05) is 6.54 Å². The molecule has 0 bridgehead atoms. The van der Waals surface area contributed by atoms with Crippen LogP contribution in [0.15, 0.2) is 36.4 Å². The molecule has 1 saturated heterocycles. The fourth-order valence-electron chi connectivity index (χ4n) is 2.45. The largest absolute Gasteiger partial charge is 0.493 e. The highest BCUT2D eigenvalue weighted by Gasteiger charge is 2.32. The summed E-state index contributed by atoms with van der Waals surface area (Å²) in [7, 11) is 1.55. The SMILES string of the molecule is C=CCN1C(=O)C(=Cc2ccc(OCCC(C)C)c(OC)c2)C(=O)NC1=S. The Morgan fingerprint density at radius 1 is 1.30 bits per heavy atom. The van der Waals surface area contributed by atoms with Gasteiger partial charge < -0.3 is 9.47 Å². The topological polar surface area (TPSA) is 67.9 Å². The molecule has 1 aromatic carbocycles. The summed E-state index contributed by atoms with van der Waals surface area (Å²) in [5, 5.41) is 2.60. The molecule has 144 valence electrons. The Morgan fingerprint density at radius 2 is 2.04 bits per heavy atom. The molecular weight excluding hydrogens is 364 g/mol. The van der Waals surface area contributed by atoms with Gasteiger partial charge in [0.25, 0.3) is 11.8 Å². The van der Waals surface area contributed by atoms with Crippen LogP contribution in [0.3, 0.4) is 0 Å². The van der Waals surface area contributed by atoms with Crippen LogP contribution in [0.25, 0.3) is 6.08 Å². The van der Waals surface area contributed by atoms with E-state index in [1.54, 1.807) is 31.4 Å². The zero-order valence-corrected chi connectivity index (χ0v) is 16.6. The first-order valence-corrected chi connectivity index (χ1v) is 9.08. The molecule has 1 N–H and O–H groups in total. The Balaban J connectivity index is 2.26. The number of nitrogens with one attached hydrogen (secondary N) is 1. The van der Waals surface area contributed by atoms with Crippen molar-refractivity contribution in [1.82, 2.24) is 10.2 Å². The molecular formula is C20H24N2O4S. The van der Waals surface area contributed by atoms with E-state index in [1.165, 1.54) is 11.0 Å². The summed E-state index contributed by atoms with van der Waals surface area (Å²) < 4.78 is 11.1. The van der Waals surface area contributed by atoms with Crippen LogP contribution in [0.5, 0.6) is 11.5 Å². The highest BCUT2D eigenvalue weighted by Crippen LogP contribution is 2.29. The summed E-state index contributed by atoms with van der Waals surface area (Å²) in [6.07, 6.45) is 3.99. The summed E-state index contributed by atoms with van der Waals surface area (Å²) >= 11 is 5.04. The van der Waals surface area contributed by atoms with E-state index in [1.807, 2.05) is 0 Å². The number of benzene rings is 1. The monoisotopic (exact) mass is 388 g/mol. The van der Waals surface area contributed by atoms with Crippen LogP contribution in [-0.2, 0) is 9.59 Å². The summed E-state index contributed by atoms with van der Waals surface area (Å²) in [4.78, 5) is 26.1. The van der Waals surface area contributed by atoms with Gasteiger partial charge in [0.15, 0.2) is 16.6 Å². The fourth-order valence-corrected chi connectivity index (χ4v) is 2.70. The molecule has 0 aromatic heterocycles. The van der Waals surface area contributed by atoms with Gasteiger partial charge >= 0.3 is 0 Å². The molecule has 0 unspecified atom stereocenters. The van der Waals surface area contributed by atoms with E-state index in [0.29, 0.717) is 29.6 Å². The van der Waals surface area contributed by atoms with Gasteiger partial charge in [-0.2, -0.15) is 0 Å². The van der Waals surface area contributed by atoms with Gasteiger partial charge in [0.05, 0.1) is 13.7 Å². The Hall–Kier alpha value is -2.67. The summed E-state index contributed by atoms with van der Waals surface area (Å²) in [5.74, 6) is 0.714. The van der Waals surface area contributed by atoms with E-state index in [9.17, 15) is 9.59 Å². The van der Waals surface area contributed by atoms with Crippen LogP contribution in [0.1, 0.15) is 25.8 Å². The zero-order chi connectivity index (χ0) is 20.0. The van der Waals surface area contributed by atoms with Gasteiger partial charge in [-0.25, -0.2) is 0 Å². The highest BCUT2D eigenvalue weighted by molar-refractivity contribution is 7.80. The lowest BCUT2D eigenvalue weighted by atomic mass is 10.1. The molecule has 0 aliphatic carbocycles. The molecule has 1 aliphatic heterocycles. The number of hydrogen-bond donors (Lipinski definition) is 1. The van der Waals surface area contributed by atoms with E-state index in [4.69, 9.17) is 21.7 Å². The lowest BCUT2D eigenvalue weighted by Crippen LogP contribution is -2.53. The number of ether oxygens (including phenoxy) is 2. The van der Waals surface area contributed by atoms with Gasteiger partial charge in [-0.05, 0) is 48.3 Å². The molecule has 2 amide bonds. The molecule has 0 radical (unpaired) electrons. The third-order valence-electron chi connectivity index (χ3n) is 3.95. The first kappa shape index (κ1) is 20.6. The van der Waals surface area contributed by atoms with Crippen LogP contribution in [0, 0.1) is 5.92 Å². The van der Waals surface area contributed by atoms with E-state index >= 15 is 0 Å². The van der Waals surface area contributed by atoms with Crippen LogP contribution in [-0.4, -0.2) is 42.1 Å². The molecule has 0 spiro atoms. The standard InChI is InChI=1S/C20H24N2O4S/c1-5-9-22-19(24)15(18(23)21-20(22)27)11-14-6-7-16(17(12-14)25-4)26-10-8-13(2)3/h5-7,11-13H,1,8-10H2,2-4H3,(H,21,23,27). The number of thiocarbonyl (C=S) groups is 1. The van der Waals surface area contributed by atoms with Gasteiger partial charge in [-0.15, -0.1) is 6.58 Å². The predicted octanol–water partition coefficient (Wildman–Crippen LogP) is 2.93. The van der Waals surface area contributed by atoms with Crippen molar-refractivity contribution in [3.8, 4) is 11.5 Å². The maximum atomic E-state index is 12.6. The molecule has 27 heavy (non-hydrogen) atoms. The van der Waals surface area contributed by atoms with Crippen LogP contribution >= 0.6 is 12.2 Å². The van der Waals surface area contributed by atoms with Crippen molar-refractivity contribution in [3.63, 3.8) is 0 Å². The average molecular weight is 388 g/mol. The number of hydrogen-bond acceptors (Lipinski definition) is 5. The second-order valence-corrected chi connectivity index (χ2v) is 6.85. The Labute approximate surface area is 164 Å². The number of carbonyl (C=O) groups excluding carboxylic acids is 2. The third kappa shape index (κ3) is 5.17. The Morgan fingerprint density at radius 3 is 2.67 bits per heavy atom. The van der Waals surface area contributed by atoms with Crippen molar-refractivity contribution in [2.45, 2.75) is 20.3 Å². The first-order chi connectivity index (χ1) is 12.9. The van der Waals surface area contributed by atoms with Crippen LogP contribution in [0.2, 0.25) is 0 Å². The number of rotatable bonds is 8. The van der Waals surface area contributed by atoms with Gasteiger partial charge in [-0.3, -0.25) is 19.8 Å². The van der Waals surface area contributed by atoms with Gasteiger partial charge in [0.1, 0.15) is 5.57 Å². The molecule has 2 rings (SSSR count). The minimum atomic E-state index is -0.526. The maximum absolute atomic E-state index is 12.6. The third-order valence-corrected chi connectivity index (χ3v) is 4.27. The van der Waals surface area contributed by atoms with Crippen molar-refractivity contribution in [3.05, 3.63) is 42.0 Å². The molecule has 6 nitrogen and oxygen atoms in total. The average Bonchev–Trinajstić information content (AvgIpc) is 2.62. The van der Waals surface area contributed by atoms with Crippen LogP contribution < -0.4 is 14.8 Å². The van der Waals surface area contributed by atoms with E-state index in [2.05, 4.69) is 25.7 Å². The normalized spacial score (nSPS) is 15.9. The molecule has 7 heteroatoms. The molecule has 1 aliphatic rings. The minimum absolute atomic E-state index is 0.000907. The number of nitrogens with zero attached hydrogens (tertiary/aromatic N) is 1. The smallest absolute Gasteiger partial charge is 0.265 e. The minimum Gasteiger partial charge on any atom is -0.493 e. The molecule has 0 saturated carbocycles. The number of carbonyl (C=O) groups is 2. The lowest BCUT2D eigenvalue weighted by molar-refractivity contribution is -0.128. The molecule has 1 fully saturated rings. The van der Waals surface area contributed by atoms with Crippen LogP contribution in [0.4, 0.5) is 0 Å². The lowest BCUT2D eigenvalue weighted by Gasteiger charge is -2.27. The second kappa shape index (κ2) is 9.32. The second-order valence-electron chi connectivity index (χ2n) is 6.46. The predicted molar refractivity (Wildman–Crippen MR) is 109 cm³/mol. The Kier molecular flexibility index (Phi) is 7.12. The first-order valence-electron chi connectivity index (χ1n) is 8.68. The molecule has 0 atom stereocenters. The van der Waals surface area contributed by atoms with E-state index in [-0.39, 0.29) is 17.2 Å². The van der Waals surface area contributed by atoms with Gasteiger partial charge in [0.2, 0.25) is 0 Å². The summed E-state index contributed by atoms with van der Waals surface area (Å²) in [6, 6.07) is 5.26. The van der Waals surface area contributed by atoms with E-state index in [0.717, 1.165) is 6.42 Å². The number of amides is 2. The molecule has 1 heterocycles. The van der Waals surface area contributed by atoms with Crippen molar-refractivity contribution < 1.29 is 19.1 Å².